The Hall–Kier alpha value is -0.620. The topological polar surface area (TPSA) is 28.4 Å². The second kappa shape index (κ2) is 6.52. The van der Waals surface area contributed by atoms with E-state index in [2.05, 4.69) is 44.6 Å². The van der Waals surface area contributed by atoms with E-state index in [1.165, 1.54) is 10.4 Å². The molecule has 0 saturated heterocycles. The average Bonchev–Trinajstić information content (AvgIpc) is 2.90. The van der Waals surface area contributed by atoms with Crippen molar-refractivity contribution in [3.8, 4) is 0 Å². The molecule has 0 radical (unpaired) electrons. The number of furan rings is 1. The molecule has 2 aromatic heterocycles. The molecule has 0 aliphatic heterocycles. The third kappa shape index (κ3) is 3.68. The minimum Gasteiger partial charge on any atom is -0.468 e. The van der Waals surface area contributed by atoms with Crippen LogP contribution in [0, 0.1) is 0 Å². The fourth-order valence-corrected chi connectivity index (χ4v) is 3.39. The molecule has 0 bridgehead atoms. The van der Waals surface area contributed by atoms with Gasteiger partial charge in [0.05, 0.1) is 12.8 Å². The summed E-state index contributed by atoms with van der Waals surface area (Å²) in [5.74, 6) is 1.04. The number of halogens is 1. The summed E-state index contributed by atoms with van der Waals surface area (Å²) in [5.41, 5.74) is 1.23. The summed E-state index contributed by atoms with van der Waals surface area (Å²) in [4.78, 5) is 3.61. The molecule has 0 aliphatic rings. The van der Waals surface area contributed by atoms with Gasteiger partial charge in [0.1, 0.15) is 5.76 Å². The van der Waals surface area contributed by atoms with Crippen molar-refractivity contribution in [2.75, 3.05) is 14.1 Å². The zero-order chi connectivity index (χ0) is 13.0. The summed E-state index contributed by atoms with van der Waals surface area (Å²) in [6, 6.07) is 4.19. The maximum atomic E-state index is 5.54. The number of thiophene rings is 1. The van der Waals surface area contributed by atoms with Gasteiger partial charge < -0.3 is 9.73 Å². The van der Waals surface area contributed by atoms with Crippen LogP contribution in [0.25, 0.3) is 0 Å². The van der Waals surface area contributed by atoms with Gasteiger partial charge >= 0.3 is 0 Å². The highest BCUT2D eigenvalue weighted by Gasteiger charge is 2.10. The van der Waals surface area contributed by atoms with Crippen molar-refractivity contribution in [3.63, 3.8) is 0 Å². The van der Waals surface area contributed by atoms with Crippen LogP contribution in [0.2, 0.25) is 0 Å². The molecule has 3 nitrogen and oxygen atoms in total. The Morgan fingerprint density at radius 2 is 2.28 bits per heavy atom. The molecule has 0 fully saturated rings. The van der Waals surface area contributed by atoms with Crippen LogP contribution in [0.15, 0.2) is 32.7 Å². The van der Waals surface area contributed by atoms with Gasteiger partial charge in [-0.05, 0) is 42.2 Å². The standard InChI is InChI=1S/C13H17BrN2OS/c1-15-6-10-3-4-17-13(10)8-16(2)7-12-5-11(14)9-18-12/h3-5,9,15H,6-8H2,1-2H3. The minimum absolute atomic E-state index is 0.833. The Labute approximate surface area is 120 Å². The Balaban J connectivity index is 1.94. The van der Waals surface area contributed by atoms with E-state index in [4.69, 9.17) is 4.42 Å². The van der Waals surface area contributed by atoms with Gasteiger partial charge in [0.25, 0.3) is 0 Å². The summed E-state index contributed by atoms with van der Waals surface area (Å²) in [7, 11) is 4.06. The van der Waals surface area contributed by atoms with Gasteiger partial charge in [-0.1, -0.05) is 0 Å². The molecular formula is C13H17BrN2OS. The second-order valence-corrected chi connectivity index (χ2v) is 6.21. The minimum atomic E-state index is 0.833. The molecule has 0 unspecified atom stereocenters. The largest absolute Gasteiger partial charge is 0.468 e. The van der Waals surface area contributed by atoms with Crippen molar-refractivity contribution in [1.82, 2.24) is 10.2 Å². The Morgan fingerprint density at radius 1 is 1.44 bits per heavy atom. The van der Waals surface area contributed by atoms with Crippen LogP contribution < -0.4 is 5.32 Å². The SMILES string of the molecule is CNCc1ccoc1CN(C)Cc1cc(Br)cs1. The van der Waals surface area contributed by atoms with Crippen LogP contribution in [-0.4, -0.2) is 19.0 Å². The first kappa shape index (κ1) is 13.8. The summed E-state index contributed by atoms with van der Waals surface area (Å²) in [5, 5.41) is 5.27. The molecule has 2 rings (SSSR count). The first-order chi connectivity index (χ1) is 8.69. The predicted molar refractivity (Wildman–Crippen MR) is 78.7 cm³/mol. The van der Waals surface area contributed by atoms with E-state index in [9.17, 15) is 0 Å². The molecular weight excluding hydrogens is 312 g/mol. The van der Waals surface area contributed by atoms with Crippen molar-refractivity contribution >= 4 is 27.3 Å². The lowest BCUT2D eigenvalue weighted by molar-refractivity contribution is 0.288. The fourth-order valence-electron chi connectivity index (χ4n) is 1.86. The Kier molecular flexibility index (Phi) is 5.00. The highest BCUT2D eigenvalue weighted by molar-refractivity contribution is 9.10. The molecule has 2 aromatic rings. The lowest BCUT2D eigenvalue weighted by atomic mass is 10.2. The highest BCUT2D eigenvalue weighted by Crippen LogP contribution is 2.22. The quantitative estimate of drug-likeness (QED) is 0.880. The lowest BCUT2D eigenvalue weighted by Gasteiger charge is -2.14. The molecule has 98 valence electrons. The van der Waals surface area contributed by atoms with E-state index in [1.807, 2.05) is 13.1 Å². The summed E-state index contributed by atoms with van der Waals surface area (Å²) >= 11 is 5.25. The number of nitrogens with one attached hydrogen (secondary N) is 1. The van der Waals surface area contributed by atoms with Gasteiger partial charge in [0.2, 0.25) is 0 Å². The third-order valence-corrected chi connectivity index (χ3v) is 4.35. The maximum Gasteiger partial charge on any atom is 0.122 e. The van der Waals surface area contributed by atoms with Crippen molar-refractivity contribution in [2.24, 2.45) is 0 Å². The monoisotopic (exact) mass is 328 g/mol. The molecule has 0 spiro atoms. The van der Waals surface area contributed by atoms with Gasteiger partial charge in [-0.15, -0.1) is 11.3 Å². The van der Waals surface area contributed by atoms with Crippen LogP contribution in [0.1, 0.15) is 16.2 Å². The number of nitrogens with zero attached hydrogens (tertiary/aromatic N) is 1. The van der Waals surface area contributed by atoms with Gasteiger partial charge in [-0.25, -0.2) is 0 Å². The Bertz CT molecular complexity index is 495. The normalized spacial score (nSPS) is 11.3. The van der Waals surface area contributed by atoms with Crippen molar-refractivity contribution in [2.45, 2.75) is 19.6 Å². The average molecular weight is 329 g/mol. The van der Waals surface area contributed by atoms with Gasteiger partial charge in [0, 0.05) is 33.4 Å². The first-order valence-corrected chi connectivity index (χ1v) is 7.47. The number of hydrogen-bond donors (Lipinski definition) is 1. The van der Waals surface area contributed by atoms with Crippen molar-refractivity contribution < 1.29 is 4.42 Å². The fraction of sp³-hybridized carbons (Fsp3) is 0.385. The van der Waals surface area contributed by atoms with Crippen molar-refractivity contribution in [1.29, 1.82) is 0 Å². The maximum absolute atomic E-state index is 5.54. The van der Waals surface area contributed by atoms with Crippen molar-refractivity contribution in [3.05, 3.63) is 44.4 Å². The van der Waals surface area contributed by atoms with E-state index >= 15 is 0 Å². The van der Waals surface area contributed by atoms with E-state index in [0.29, 0.717) is 0 Å². The van der Waals surface area contributed by atoms with Crippen LogP contribution in [0.3, 0.4) is 0 Å². The van der Waals surface area contributed by atoms with Crippen LogP contribution in [0.5, 0.6) is 0 Å². The highest BCUT2D eigenvalue weighted by atomic mass is 79.9. The van der Waals surface area contributed by atoms with E-state index in [1.54, 1.807) is 17.6 Å². The zero-order valence-electron chi connectivity index (χ0n) is 10.6. The third-order valence-electron chi connectivity index (χ3n) is 2.67. The molecule has 0 aliphatic carbocycles. The molecule has 0 saturated carbocycles. The molecule has 18 heavy (non-hydrogen) atoms. The smallest absolute Gasteiger partial charge is 0.122 e. The first-order valence-electron chi connectivity index (χ1n) is 5.80. The van der Waals surface area contributed by atoms with Crippen LogP contribution >= 0.6 is 27.3 Å². The van der Waals surface area contributed by atoms with Gasteiger partial charge in [-0.3, -0.25) is 4.90 Å². The van der Waals surface area contributed by atoms with Gasteiger partial charge in [-0.2, -0.15) is 0 Å². The summed E-state index contributed by atoms with van der Waals surface area (Å²) in [6.07, 6.45) is 1.76. The van der Waals surface area contributed by atoms with Gasteiger partial charge in [0.15, 0.2) is 0 Å². The summed E-state index contributed by atoms with van der Waals surface area (Å²) < 4.78 is 6.70. The van der Waals surface area contributed by atoms with E-state index in [0.717, 1.165) is 29.9 Å². The number of rotatable bonds is 6. The van der Waals surface area contributed by atoms with E-state index in [-0.39, 0.29) is 0 Å². The summed E-state index contributed by atoms with van der Waals surface area (Å²) in [6.45, 7) is 2.62. The molecule has 2 heterocycles. The molecule has 0 atom stereocenters. The second-order valence-electron chi connectivity index (χ2n) is 4.30. The molecule has 1 N–H and O–H groups in total. The lowest BCUT2D eigenvalue weighted by Crippen LogP contribution is -2.17. The Morgan fingerprint density at radius 3 is 2.94 bits per heavy atom. The van der Waals surface area contributed by atoms with E-state index < -0.39 is 0 Å². The van der Waals surface area contributed by atoms with Crippen LogP contribution in [0.4, 0.5) is 0 Å². The number of hydrogen-bond acceptors (Lipinski definition) is 4. The van der Waals surface area contributed by atoms with Crippen LogP contribution in [-0.2, 0) is 19.6 Å². The molecule has 0 amide bonds. The molecule has 0 aromatic carbocycles. The predicted octanol–water partition coefficient (Wildman–Crippen LogP) is 3.46. The zero-order valence-corrected chi connectivity index (χ0v) is 13.0. The molecule has 5 heteroatoms.